The molecule has 0 N–H and O–H groups in total. The van der Waals surface area contributed by atoms with Gasteiger partial charge in [-0.1, -0.05) is 84.4 Å². The monoisotopic (exact) mass is 509 g/mol. The Balaban J connectivity index is 1.43. The topological polar surface area (TPSA) is 63.7 Å². The summed E-state index contributed by atoms with van der Waals surface area (Å²) in [5.74, 6) is -2.41. The molecule has 2 aliphatic carbocycles. The number of anilines is 1. The fraction of sp³-hybridized carbons (Fsp3) is 0.194. The molecular weight excluding hydrogens is 486 g/mol. The van der Waals surface area contributed by atoms with Gasteiger partial charge in [0.2, 0.25) is 11.8 Å². The van der Waals surface area contributed by atoms with Crippen LogP contribution >= 0.6 is 11.6 Å². The Bertz CT molecular complexity index is 1400. The Hall–Kier alpha value is -3.96. The Morgan fingerprint density at radius 2 is 1.38 bits per heavy atom. The second-order valence-corrected chi connectivity index (χ2v) is 9.85. The van der Waals surface area contributed by atoms with E-state index in [2.05, 4.69) is 36.4 Å². The maximum Gasteiger partial charge on any atom is 0.339 e. The molecule has 3 aliphatic rings. The van der Waals surface area contributed by atoms with E-state index in [9.17, 15) is 14.4 Å². The van der Waals surface area contributed by atoms with Crippen LogP contribution < -0.4 is 4.90 Å². The van der Waals surface area contributed by atoms with Crippen LogP contribution in [-0.4, -0.2) is 24.4 Å². The number of allylic oxidation sites excluding steroid dienone is 3. The van der Waals surface area contributed by atoms with Crippen LogP contribution in [0.2, 0.25) is 5.02 Å². The molecule has 5 nitrogen and oxygen atoms in total. The van der Waals surface area contributed by atoms with Gasteiger partial charge in [0.25, 0.3) is 0 Å². The number of halogens is 1. The van der Waals surface area contributed by atoms with E-state index in [1.54, 1.807) is 13.0 Å². The molecular formula is C31H24ClNO4. The van der Waals surface area contributed by atoms with Crippen molar-refractivity contribution in [2.45, 2.75) is 6.92 Å². The van der Waals surface area contributed by atoms with Crippen molar-refractivity contribution in [2.75, 3.05) is 11.5 Å². The molecule has 6 heteroatoms. The first kappa shape index (κ1) is 23.4. The van der Waals surface area contributed by atoms with Crippen LogP contribution in [-0.2, 0) is 14.3 Å². The predicted octanol–water partition coefficient (Wildman–Crippen LogP) is 5.94. The highest BCUT2D eigenvalue weighted by molar-refractivity contribution is 6.34. The van der Waals surface area contributed by atoms with Crippen LogP contribution in [0.4, 0.5) is 5.69 Å². The van der Waals surface area contributed by atoms with Crippen molar-refractivity contribution >= 4 is 40.6 Å². The van der Waals surface area contributed by atoms with Gasteiger partial charge in [0.15, 0.2) is 0 Å². The highest BCUT2D eigenvalue weighted by Gasteiger charge is 2.62. The van der Waals surface area contributed by atoms with Crippen LogP contribution in [0.15, 0.2) is 96.6 Å². The third kappa shape index (κ3) is 3.65. The molecule has 2 amide bonds. The number of nitrogens with zero attached hydrogens (tertiary/aromatic N) is 1. The molecule has 184 valence electrons. The van der Waals surface area contributed by atoms with Crippen LogP contribution in [0.3, 0.4) is 0 Å². The van der Waals surface area contributed by atoms with E-state index in [1.165, 1.54) is 17.0 Å². The third-order valence-electron chi connectivity index (χ3n) is 7.53. The van der Waals surface area contributed by atoms with E-state index in [-0.39, 0.29) is 40.8 Å². The standard InChI is InChI=1S/C31H24ClNO4/c1-2-37-31(36)23-17-20(13-16-24(23)32)33-29(34)27-21-14-15-22(28(27)30(33)35)26(21)25(18-9-5-3-6-10-18)19-11-7-4-8-12-19/h3-17,21-22,27-28H,2H2,1H3/t21-,22+,27+,28-. The molecule has 0 aromatic heterocycles. The van der Waals surface area contributed by atoms with Crippen LogP contribution in [0.25, 0.3) is 5.57 Å². The molecule has 4 atom stereocenters. The highest BCUT2D eigenvalue weighted by Crippen LogP contribution is 2.58. The van der Waals surface area contributed by atoms with Crippen molar-refractivity contribution < 1.29 is 19.1 Å². The quantitative estimate of drug-likeness (QED) is 0.242. The zero-order valence-electron chi connectivity index (χ0n) is 20.1. The minimum Gasteiger partial charge on any atom is -0.462 e. The third-order valence-corrected chi connectivity index (χ3v) is 7.86. The number of amides is 2. The number of hydrogen-bond acceptors (Lipinski definition) is 4. The number of carbonyl (C=O) groups excluding carboxylic acids is 3. The molecule has 0 spiro atoms. The molecule has 1 saturated carbocycles. The van der Waals surface area contributed by atoms with E-state index < -0.39 is 17.8 Å². The molecule has 0 radical (unpaired) electrons. The van der Waals surface area contributed by atoms with E-state index in [1.807, 2.05) is 36.4 Å². The molecule has 1 aliphatic heterocycles. The zero-order chi connectivity index (χ0) is 25.7. The molecule has 2 fully saturated rings. The van der Waals surface area contributed by atoms with Crippen molar-refractivity contribution in [2.24, 2.45) is 23.7 Å². The zero-order valence-corrected chi connectivity index (χ0v) is 20.9. The molecule has 6 rings (SSSR count). The minimum atomic E-state index is -0.587. The largest absolute Gasteiger partial charge is 0.462 e. The van der Waals surface area contributed by atoms with Gasteiger partial charge < -0.3 is 4.74 Å². The summed E-state index contributed by atoms with van der Waals surface area (Å²) in [6.45, 7) is 1.90. The first-order valence-corrected chi connectivity index (χ1v) is 12.8. The lowest BCUT2D eigenvalue weighted by Gasteiger charge is -2.22. The summed E-state index contributed by atoms with van der Waals surface area (Å²) in [5.41, 5.74) is 4.81. The van der Waals surface area contributed by atoms with Crippen LogP contribution in [0.1, 0.15) is 28.4 Å². The predicted molar refractivity (Wildman–Crippen MR) is 142 cm³/mol. The number of fused-ring (bicyclic) bond motifs is 5. The molecule has 3 aromatic carbocycles. The smallest absolute Gasteiger partial charge is 0.339 e. The summed E-state index contributed by atoms with van der Waals surface area (Å²) >= 11 is 6.22. The molecule has 3 aromatic rings. The number of ether oxygens (including phenoxy) is 1. The Morgan fingerprint density at radius 1 is 0.838 bits per heavy atom. The van der Waals surface area contributed by atoms with Gasteiger partial charge >= 0.3 is 5.97 Å². The lowest BCUT2D eigenvalue weighted by Crippen LogP contribution is -2.33. The Morgan fingerprint density at radius 3 is 1.89 bits per heavy atom. The van der Waals surface area contributed by atoms with Crippen molar-refractivity contribution in [1.82, 2.24) is 0 Å². The SMILES string of the molecule is CCOC(=O)c1cc(N2C(=O)[C@@H]3[C@H](C2=O)[C@H]2C=C[C@@H]3C2=C(c2ccccc2)c2ccccc2)ccc1Cl. The summed E-state index contributed by atoms with van der Waals surface area (Å²) in [5, 5.41) is 0.212. The number of esters is 1. The second kappa shape index (κ2) is 9.16. The van der Waals surface area contributed by atoms with Gasteiger partial charge in [-0.05, 0) is 47.4 Å². The van der Waals surface area contributed by atoms with Crippen molar-refractivity contribution in [3.05, 3.63) is 118 Å². The van der Waals surface area contributed by atoms with E-state index >= 15 is 0 Å². The first-order chi connectivity index (χ1) is 18.0. The fourth-order valence-electron chi connectivity index (χ4n) is 6.08. The highest BCUT2D eigenvalue weighted by atomic mass is 35.5. The van der Waals surface area contributed by atoms with Gasteiger partial charge in [-0.25, -0.2) is 9.69 Å². The second-order valence-electron chi connectivity index (χ2n) is 9.45. The lowest BCUT2D eigenvalue weighted by molar-refractivity contribution is -0.122. The van der Waals surface area contributed by atoms with Gasteiger partial charge in [-0.2, -0.15) is 0 Å². The summed E-state index contributed by atoms with van der Waals surface area (Å²) in [4.78, 5) is 41.2. The van der Waals surface area contributed by atoms with Crippen molar-refractivity contribution in [3.8, 4) is 0 Å². The van der Waals surface area contributed by atoms with Crippen LogP contribution in [0.5, 0.6) is 0 Å². The lowest BCUT2D eigenvalue weighted by atomic mass is 9.85. The summed E-state index contributed by atoms with van der Waals surface area (Å²) < 4.78 is 5.10. The molecule has 2 bridgehead atoms. The van der Waals surface area contributed by atoms with E-state index in [0.29, 0.717) is 5.69 Å². The van der Waals surface area contributed by atoms with Crippen molar-refractivity contribution in [1.29, 1.82) is 0 Å². The fourth-order valence-corrected chi connectivity index (χ4v) is 6.27. The van der Waals surface area contributed by atoms with E-state index in [4.69, 9.17) is 16.3 Å². The maximum absolute atomic E-state index is 13.8. The average molecular weight is 510 g/mol. The summed E-state index contributed by atoms with van der Waals surface area (Å²) in [6.07, 6.45) is 4.15. The Labute approximate surface area is 220 Å². The summed E-state index contributed by atoms with van der Waals surface area (Å²) in [7, 11) is 0. The van der Waals surface area contributed by atoms with Crippen molar-refractivity contribution in [3.63, 3.8) is 0 Å². The number of hydrogen-bond donors (Lipinski definition) is 0. The maximum atomic E-state index is 13.8. The number of carbonyl (C=O) groups is 3. The Kier molecular flexibility index (Phi) is 5.81. The number of benzene rings is 3. The first-order valence-electron chi connectivity index (χ1n) is 12.4. The van der Waals surface area contributed by atoms with Gasteiger partial charge in [0.05, 0.1) is 34.7 Å². The molecule has 1 saturated heterocycles. The minimum absolute atomic E-state index is 0.135. The normalized spacial score (nSPS) is 23.5. The molecule has 1 heterocycles. The van der Waals surface area contributed by atoms with Crippen LogP contribution in [0, 0.1) is 23.7 Å². The molecule has 37 heavy (non-hydrogen) atoms. The van der Waals surface area contributed by atoms with Gasteiger partial charge in [0.1, 0.15) is 0 Å². The molecule has 0 unspecified atom stereocenters. The average Bonchev–Trinajstić information content (AvgIpc) is 3.55. The van der Waals surface area contributed by atoms with E-state index in [0.717, 1.165) is 22.3 Å². The van der Waals surface area contributed by atoms with Gasteiger partial charge in [0, 0.05) is 11.8 Å². The van der Waals surface area contributed by atoms with Gasteiger partial charge in [-0.15, -0.1) is 0 Å². The van der Waals surface area contributed by atoms with Gasteiger partial charge in [-0.3, -0.25) is 9.59 Å². The number of imide groups is 1. The summed E-state index contributed by atoms with van der Waals surface area (Å²) in [6, 6.07) is 24.9. The number of rotatable bonds is 5.